The lowest BCUT2D eigenvalue weighted by molar-refractivity contribution is -0.123. The first-order valence-electron chi connectivity index (χ1n) is 7.35. The second-order valence-electron chi connectivity index (χ2n) is 5.90. The first-order chi connectivity index (χ1) is 8.65. The molecule has 0 aromatic heterocycles. The van der Waals surface area contributed by atoms with Gasteiger partial charge in [-0.05, 0) is 51.6 Å². The highest BCUT2D eigenvalue weighted by Gasteiger charge is 2.24. The fraction of sp³-hybridized carbons (Fsp3) is 0.929. The molecule has 4 nitrogen and oxygen atoms in total. The number of nitrogens with one attached hydrogen (secondary N) is 1. The van der Waals surface area contributed by atoms with E-state index in [1.165, 1.54) is 12.8 Å². The Bertz CT molecular complexity index is 267. The van der Waals surface area contributed by atoms with E-state index in [0.29, 0.717) is 18.5 Å². The predicted molar refractivity (Wildman–Crippen MR) is 71.2 cm³/mol. The molecular formula is C14H26N2O2. The van der Waals surface area contributed by atoms with E-state index in [4.69, 9.17) is 0 Å². The van der Waals surface area contributed by atoms with E-state index in [2.05, 4.69) is 10.2 Å². The SMILES string of the molecule is C[C@@H](O)C1CCN(CC(=O)NC2CCCC2)CC1. The van der Waals surface area contributed by atoms with Gasteiger partial charge in [-0.2, -0.15) is 0 Å². The van der Waals surface area contributed by atoms with Gasteiger partial charge < -0.3 is 10.4 Å². The third-order valence-corrected chi connectivity index (χ3v) is 4.40. The van der Waals surface area contributed by atoms with Crippen molar-refractivity contribution in [2.75, 3.05) is 19.6 Å². The second-order valence-corrected chi connectivity index (χ2v) is 5.90. The Labute approximate surface area is 110 Å². The molecule has 0 bridgehead atoms. The standard InChI is InChI=1S/C14H26N2O2/c1-11(17)12-6-8-16(9-7-12)10-14(18)15-13-4-2-3-5-13/h11-13,17H,2-10H2,1H3,(H,15,18)/t11-/m1/s1. The van der Waals surface area contributed by atoms with E-state index in [9.17, 15) is 9.90 Å². The van der Waals surface area contributed by atoms with Gasteiger partial charge in [-0.15, -0.1) is 0 Å². The monoisotopic (exact) mass is 254 g/mol. The Kier molecular flexibility index (Phi) is 5.01. The molecule has 1 saturated heterocycles. The highest BCUT2D eigenvalue weighted by Crippen LogP contribution is 2.20. The van der Waals surface area contributed by atoms with Crippen molar-refractivity contribution in [2.45, 2.75) is 57.6 Å². The van der Waals surface area contributed by atoms with Crippen LogP contribution in [0.3, 0.4) is 0 Å². The van der Waals surface area contributed by atoms with Crippen LogP contribution in [0.4, 0.5) is 0 Å². The Morgan fingerprint density at radius 3 is 2.44 bits per heavy atom. The molecular weight excluding hydrogens is 228 g/mol. The van der Waals surface area contributed by atoms with E-state index in [1.807, 2.05) is 6.92 Å². The van der Waals surface area contributed by atoms with Crippen LogP contribution in [0.2, 0.25) is 0 Å². The number of aliphatic hydroxyl groups is 1. The second kappa shape index (κ2) is 6.53. The molecule has 2 rings (SSSR count). The molecule has 4 heteroatoms. The molecule has 2 aliphatic rings. The lowest BCUT2D eigenvalue weighted by Crippen LogP contribution is -2.44. The van der Waals surface area contributed by atoms with Gasteiger partial charge in [-0.1, -0.05) is 12.8 Å². The third kappa shape index (κ3) is 3.95. The van der Waals surface area contributed by atoms with Crippen LogP contribution in [0.1, 0.15) is 45.4 Å². The van der Waals surface area contributed by atoms with Gasteiger partial charge in [0.1, 0.15) is 0 Å². The summed E-state index contributed by atoms with van der Waals surface area (Å²) in [5.41, 5.74) is 0. The molecule has 0 spiro atoms. The minimum Gasteiger partial charge on any atom is -0.393 e. The normalized spacial score (nSPS) is 25.2. The molecule has 0 aromatic carbocycles. The van der Waals surface area contributed by atoms with Crippen molar-refractivity contribution < 1.29 is 9.90 Å². The molecule has 2 N–H and O–H groups in total. The molecule has 1 amide bonds. The number of carbonyl (C=O) groups excluding carboxylic acids is 1. The zero-order valence-electron chi connectivity index (χ0n) is 11.4. The number of amides is 1. The van der Waals surface area contributed by atoms with E-state index in [1.54, 1.807) is 0 Å². The Morgan fingerprint density at radius 2 is 1.89 bits per heavy atom. The number of piperidine rings is 1. The molecule has 2 fully saturated rings. The fourth-order valence-electron chi connectivity index (χ4n) is 3.14. The van der Waals surface area contributed by atoms with Gasteiger partial charge in [-0.25, -0.2) is 0 Å². The molecule has 1 aliphatic carbocycles. The van der Waals surface area contributed by atoms with Crippen LogP contribution >= 0.6 is 0 Å². The van der Waals surface area contributed by atoms with Crippen LogP contribution in [0, 0.1) is 5.92 Å². The Morgan fingerprint density at radius 1 is 1.28 bits per heavy atom. The van der Waals surface area contributed by atoms with Gasteiger partial charge in [0.25, 0.3) is 0 Å². The topological polar surface area (TPSA) is 52.6 Å². The number of likely N-dealkylation sites (tertiary alicyclic amines) is 1. The summed E-state index contributed by atoms with van der Waals surface area (Å²) < 4.78 is 0. The van der Waals surface area contributed by atoms with Crippen LogP contribution < -0.4 is 5.32 Å². The van der Waals surface area contributed by atoms with Gasteiger partial charge in [-0.3, -0.25) is 9.69 Å². The molecule has 0 radical (unpaired) electrons. The summed E-state index contributed by atoms with van der Waals surface area (Å²) >= 11 is 0. The van der Waals surface area contributed by atoms with Crippen molar-refractivity contribution in [3.63, 3.8) is 0 Å². The average molecular weight is 254 g/mol. The van der Waals surface area contributed by atoms with Crippen molar-refractivity contribution in [1.29, 1.82) is 0 Å². The minimum atomic E-state index is -0.209. The van der Waals surface area contributed by atoms with E-state index < -0.39 is 0 Å². The number of hydrogen-bond donors (Lipinski definition) is 2. The quantitative estimate of drug-likeness (QED) is 0.791. The lowest BCUT2D eigenvalue weighted by Gasteiger charge is -2.32. The highest BCUT2D eigenvalue weighted by molar-refractivity contribution is 5.78. The van der Waals surface area contributed by atoms with Crippen molar-refractivity contribution in [1.82, 2.24) is 10.2 Å². The number of nitrogens with zero attached hydrogens (tertiary/aromatic N) is 1. The summed E-state index contributed by atoms with van der Waals surface area (Å²) in [6.07, 6.45) is 6.61. The first kappa shape index (κ1) is 13.8. The van der Waals surface area contributed by atoms with Crippen molar-refractivity contribution >= 4 is 5.91 Å². The maximum Gasteiger partial charge on any atom is 0.234 e. The number of rotatable bonds is 4. The van der Waals surface area contributed by atoms with Crippen LogP contribution in [0.15, 0.2) is 0 Å². The molecule has 1 atom stereocenters. The van der Waals surface area contributed by atoms with Gasteiger partial charge >= 0.3 is 0 Å². The summed E-state index contributed by atoms with van der Waals surface area (Å²) in [4.78, 5) is 14.1. The summed E-state index contributed by atoms with van der Waals surface area (Å²) in [5.74, 6) is 0.594. The first-order valence-corrected chi connectivity index (χ1v) is 7.35. The maximum absolute atomic E-state index is 11.9. The van der Waals surface area contributed by atoms with Gasteiger partial charge in [0.2, 0.25) is 5.91 Å². The van der Waals surface area contributed by atoms with E-state index in [0.717, 1.165) is 38.8 Å². The van der Waals surface area contributed by atoms with Crippen LogP contribution in [0.5, 0.6) is 0 Å². The van der Waals surface area contributed by atoms with Crippen LogP contribution in [0.25, 0.3) is 0 Å². The summed E-state index contributed by atoms with van der Waals surface area (Å²) in [5, 5.41) is 12.7. The molecule has 104 valence electrons. The third-order valence-electron chi connectivity index (χ3n) is 4.40. The number of hydrogen-bond acceptors (Lipinski definition) is 3. The fourth-order valence-corrected chi connectivity index (χ4v) is 3.14. The average Bonchev–Trinajstić information content (AvgIpc) is 2.82. The molecule has 18 heavy (non-hydrogen) atoms. The molecule has 1 aliphatic heterocycles. The zero-order valence-corrected chi connectivity index (χ0v) is 11.4. The summed E-state index contributed by atoms with van der Waals surface area (Å²) in [6, 6.07) is 0.424. The predicted octanol–water partition coefficient (Wildman–Crippen LogP) is 1.14. The van der Waals surface area contributed by atoms with E-state index >= 15 is 0 Å². The number of carbonyl (C=O) groups is 1. The summed E-state index contributed by atoms with van der Waals surface area (Å²) in [6.45, 7) is 4.28. The zero-order chi connectivity index (χ0) is 13.0. The smallest absolute Gasteiger partial charge is 0.234 e. The van der Waals surface area contributed by atoms with Gasteiger partial charge in [0.05, 0.1) is 12.6 Å². The minimum absolute atomic E-state index is 0.178. The van der Waals surface area contributed by atoms with Crippen molar-refractivity contribution in [2.24, 2.45) is 5.92 Å². The van der Waals surface area contributed by atoms with Crippen LogP contribution in [-0.2, 0) is 4.79 Å². The molecule has 1 saturated carbocycles. The molecule has 0 unspecified atom stereocenters. The molecule has 0 aromatic rings. The Balaban J connectivity index is 1.66. The van der Waals surface area contributed by atoms with Crippen molar-refractivity contribution in [3.8, 4) is 0 Å². The maximum atomic E-state index is 11.9. The summed E-state index contributed by atoms with van der Waals surface area (Å²) in [7, 11) is 0. The van der Waals surface area contributed by atoms with Gasteiger partial charge in [0.15, 0.2) is 0 Å². The Hall–Kier alpha value is -0.610. The van der Waals surface area contributed by atoms with Crippen LogP contribution in [-0.4, -0.2) is 47.7 Å². The highest BCUT2D eigenvalue weighted by atomic mass is 16.3. The molecule has 1 heterocycles. The number of aliphatic hydroxyl groups excluding tert-OH is 1. The van der Waals surface area contributed by atoms with E-state index in [-0.39, 0.29) is 12.0 Å². The largest absolute Gasteiger partial charge is 0.393 e. The van der Waals surface area contributed by atoms with Gasteiger partial charge in [0, 0.05) is 6.04 Å². The van der Waals surface area contributed by atoms with Crippen molar-refractivity contribution in [3.05, 3.63) is 0 Å². The lowest BCUT2D eigenvalue weighted by atomic mass is 9.92.